The van der Waals surface area contributed by atoms with E-state index in [-0.39, 0.29) is 9.77 Å². The van der Waals surface area contributed by atoms with Gasteiger partial charge in [0.1, 0.15) is 9.77 Å². The van der Waals surface area contributed by atoms with Crippen LogP contribution in [0.3, 0.4) is 0 Å². The molecule has 0 saturated carbocycles. The maximum absolute atomic E-state index is 13.0. The Morgan fingerprint density at radius 3 is 2.75 bits per heavy atom. The number of benzene rings is 1. The van der Waals surface area contributed by atoms with Crippen molar-refractivity contribution in [3.63, 3.8) is 0 Å². The number of nitrogens with zero attached hydrogens (tertiary/aromatic N) is 1. The molecule has 0 spiro atoms. The Balaban J connectivity index is 1.87. The minimum absolute atomic E-state index is 0.0707. The van der Waals surface area contributed by atoms with E-state index in [2.05, 4.69) is 5.32 Å². The third kappa shape index (κ3) is 3.23. The summed E-state index contributed by atoms with van der Waals surface area (Å²) < 4.78 is 27.4. The van der Waals surface area contributed by atoms with Gasteiger partial charge in [-0.1, -0.05) is 24.3 Å². The van der Waals surface area contributed by atoms with E-state index >= 15 is 0 Å². The molecule has 8 heteroatoms. The van der Waals surface area contributed by atoms with E-state index in [9.17, 15) is 13.2 Å². The van der Waals surface area contributed by atoms with E-state index in [1.807, 2.05) is 24.3 Å². The molecular weight excluding hydrogens is 346 g/mol. The Kier molecular flexibility index (Phi) is 5.00. The largest absolute Gasteiger partial charge is 0.350 e. The predicted molar refractivity (Wildman–Crippen MR) is 93.4 cm³/mol. The lowest BCUT2D eigenvalue weighted by Gasteiger charge is -2.28. The van der Waals surface area contributed by atoms with E-state index < -0.39 is 15.9 Å². The van der Waals surface area contributed by atoms with Gasteiger partial charge < -0.3 is 11.1 Å². The first-order valence-electron chi connectivity index (χ1n) is 7.66. The first kappa shape index (κ1) is 17.1. The molecular formula is C16H19N3O3S2. The minimum atomic E-state index is -3.71. The summed E-state index contributed by atoms with van der Waals surface area (Å²) in [4.78, 5) is 12.5. The fourth-order valence-electron chi connectivity index (χ4n) is 2.75. The van der Waals surface area contributed by atoms with E-state index in [4.69, 9.17) is 5.73 Å². The van der Waals surface area contributed by atoms with Crippen LogP contribution >= 0.6 is 11.3 Å². The molecule has 1 aliphatic heterocycles. The van der Waals surface area contributed by atoms with Crippen LogP contribution in [0.1, 0.15) is 20.8 Å². The number of nitrogens with two attached hydrogens (primary N) is 1. The van der Waals surface area contributed by atoms with E-state index in [0.29, 0.717) is 32.6 Å². The van der Waals surface area contributed by atoms with Crippen molar-refractivity contribution in [1.82, 2.24) is 9.62 Å². The van der Waals surface area contributed by atoms with Gasteiger partial charge in [-0.2, -0.15) is 4.31 Å². The normalized spacial score (nSPS) is 15.0. The Bertz CT molecular complexity index is 846. The molecule has 1 aromatic carbocycles. The lowest BCUT2D eigenvalue weighted by Crippen LogP contribution is -2.37. The van der Waals surface area contributed by atoms with Gasteiger partial charge in [-0.3, -0.25) is 4.79 Å². The lowest BCUT2D eigenvalue weighted by molar-refractivity contribution is 0.0955. The van der Waals surface area contributed by atoms with Crippen LogP contribution in [-0.2, 0) is 23.0 Å². The highest BCUT2D eigenvalue weighted by Gasteiger charge is 2.32. The van der Waals surface area contributed by atoms with Crippen molar-refractivity contribution in [3.05, 3.63) is 51.7 Å². The number of rotatable bonds is 5. The Morgan fingerprint density at radius 2 is 2.00 bits per heavy atom. The van der Waals surface area contributed by atoms with Crippen LogP contribution in [0.25, 0.3) is 0 Å². The molecule has 2 aromatic rings. The summed E-state index contributed by atoms with van der Waals surface area (Å²) in [6.45, 7) is 1.37. The van der Waals surface area contributed by atoms with Crippen molar-refractivity contribution in [1.29, 1.82) is 0 Å². The smallest absolute Gasteiger partial charge is 0.262 e. The fourth-order valence-corrected chi connectivity index (χ4v) is 5.48. The number of sulfonamides is 1. The minimum Gasteiger partial charge on any atom is -0.350 e. The molecule has 3 N–H and O–H groups in total. The van der Waals surface area contributed by atoms with Gasteiger partial charge in [0.05, 0.1) is 0 Å². The van der Waals surface area contributed by atoms with Gasteiger partial charge >= 0.3 is 0 Å². The van der Waals surface area contributed by atoms with Crippen LogP contribution in [0, 0.1) is 0 Å². The lowest BCUT2D eigenvalue weighted by atomic mass is 10.0. The number of hydrogen-bond donors (Lipinski definition) is 2. The highest BCUT2D eigenvalue weighted by atomic mass is 32.2. The van der Waals surface area contributed by atoms with Crippen molar-refractivity contribution in [2.45, 2.75) is 17.9 Å². The Labute approximate surface area is 145 Å². The molecule has 1 aliphatic rings. The maximum Gasteiger partial charge on any atom is 0.262 e. The van der Waals surface area contributed by atoms with Gasteiger partial charge in [-0.15, -0.1) is 11.3 Å². The zero-order chi connectivity index (χ0) is 17.2. The summed E-state index contributed by atoms with van der Waals surface area (Å²) in [7, 11) is -3.71. The number of thiophene rings is 1. The molecule has 0 unspecified atom stereocenters. The topological polar surface area (TPSA) is 92.5 Å². The second-order valence-electron chi connectivity index (χ2n) is 5.52. The quantitative estimate of drug-likeness (QED) is 0.832. The Morgan fingerprint density at radius 1 is 1.25 bits per heavy atom. The fraction of sp³-hybridized carbons (Fsp3) is 0.312. The van der Waals surface area contributed by atoms with Crippen molar-refractivity contribution in [3.8, 4) is 0 Å². The number of fused-ring (bicyclic) bond motifs is 1. The average molecular weight is 365 g/mol. The first-order chi connectivity index (χ1) is 11.5. The van der Waals surface area contributed by atoms with Crippen LogP contribution in [0.4, 0.5) is 0 Å². The molecule has 0 atom stereocenters. The molecule has 24 heavy (non-hydrogen) atoms. The third-order valence-electron chi connectivity index (χ3n) is 3.98. The molecule has 0 radical (unpaired) electrons. The second kappa shape index (κ2) is 7.02. The summed E-state index contributed by atoms with van der Waals surface area (Å²) in [6, 6.07) is 9.33. The second-order valence-corrected chi connectivity index (χ2v) is 8.34. The molecule has 0 saturated heterocycles. The number of carbonyl (C=O) groups is 1. The van der Waals surface area contributed by atoms with Gasteiger partial charge in [0, 0.05) is 26.2 Å². The van der Waals surface area contributed by atoms with Crippen LogP contribution in [0.2, 0.25) is 0 Å². The van der Waals surface area contributed by atoms with Crippen LogP contribution in [-0.4, -0.2) is 38.3 Å². The maximum atomic E-state index is 13.0. The molecule has 0 fully saturated rings. The molecule has 3 rings (SSSR count). The zero-order valence-electron chi connectivity index (χ0n) is 13.1. The van der Waals surface area contributed by atoms with Gasteiger partial charge in [0.15, 0.2) is 0 Å². The van der Waals surface area contributed by atoms with E-state index in [0.717, 1.165) is 16.9 Å². The van der Waals surface area contributed by atoms with Crippen LogP contribution < -0.4 is 11.1 Å². The number of nitrogens with one attached hydrogen (secondary N) is 1. The number of carbonyl (C=O) groups excluding carboxylic acids is 1. The molecule has 2 heterocycles. The van der Waals surface area contributed by atoms with Crippen molar-refractivity contribution >= 4 is 27.3 Å². The summed E-state index contributed by atoms with van der Waals surface area (Å²) >= 11 is 1.13. The highest BCUT2D eigenvalue weighted by Crippen LogP contribution is 2.29. The number of amides is 1. The van der Waals surface area contributed by atoms with E-state index in [1.165, 1.54) is 15.9 Å². The summed E-state index contributed by atoms with van der Waals surface area (Å²) in [5.74, 6) is -0.397. The van der Waals surface area contributed by atoms with Crippen molar-refractivity contribution in [2.24, 2.45) is 5.73 Å². The summed E-state index contributed by atoms with van der Waals surface area (Å²) in [5.41, 5.74) is 7.57. The SMILES string of the molecule is NCCNC(=O)c1sccc1S(=O)(=O)N1CCc2ccccc2C1. The molecule has 0 aliphatic carbocycles. The van der Waals surface area contributed by atoms with Crippen LogP contribution in [0.5, 0.6) is 0 Å². The Hall–Kier alpha value is -1.74. The van der Waals surface area contributed by atoms with Crippen molar-refractivity contribution in [2.75, 3.05) is 19.6 Å². The highest BCUT2D eigenvalue weighted by molar-refractivity contribution is 7.89. The van der Waals surface area contributed by atoms with Crippen LogP contribution in [0.15, 0.2) is 40.6 Å². The third-order valence-corrected chi connectivity index (χ3v) is 6.91. The van der Waals surface area contributed by atoms with Gasteiger partial charge in [-0.25, -0.2) is 8.42 Å². The van der Waals surface area contributed by atoms with E-state index in [1.54, 1.807) is 5.38 Å². The molecule has 1 amide bonds. The molecule has 6 nitrogen and oxygen atoms in total. The molecule has 128 valence electrons. The zero-order valence-corrected chi connectivity index (χ0v) is 14.7. The van der Waals surface area contributed by atoms with Crippen molar-refractivity contribution < 1.29 is 13.2 Å². The monoisotopic (exact) mass is 365 g/mol. The van der Waals surface area contributed by atoms with Gasteiger partial charge in [-0.05, 0) is 29.0 Å². The average Bonchev–Trinajstić information content (AvgIpc) is 3.10. The predicted octanol–water partition coefficient (Wildman–Crippen LogP) is 1.18. The van der Waals surface area contributed by atoms with Gasteiger partial charge in [0.2, 0.25) is 10.0 Å². The standard InChI is InChI=1S/C16H19N3O3S2/c17-7-8-18-16(20)15-14(6-10-23-15)24(21,22)19-9-5-12-3-1-2-4-13(12)11-19/h1-4,6,10H,5,7-9,11,17H2,(H,18,20). The molecule has 1 aromatic heterocycles. The van der Waals surface area contributed by atoms with Gasteiger partial charge in [0.25, 0.3) is 5.91 Å². The summed E-state index contributed by atoms with van der Waals surface area (Å²) in [5, 5.41) is 4.26. The summed E-state index contributed by atoms with van der Waals surface area (Å²) in [6.07, 6.45) is 0.675. The molecule has 0 bridgehead atoms. The first-order valence-corrected chi connectivity index (χ1v) is 9.98. The number of hydrogen-bond acceptors (Lipinski definition) is 5.